The molecule has 2 unspecified atom stereocenters. The summed E-state index contributed by atoms with van der Waals surface area (Å²) in [7, 11) is 1.79. The Bertz CT molecular complexity index is 255. The summed E-state index contributed by atoms with van der Waals surface area (Å²) in [6, 6.07) is 0.526. The summed E-state index contributed by atoms with van der Waals surface area (Å²) in [6.07, 6.45) is 5.25. The molecular weight excluding hydrogens is 236 g/mol. The van der Waals surface area contributed by atoms with Gasteiger partial charge in [0, 0.05) is 31.8 Å². The van der Waals surface area contributed by atoms with Crippen molar-refractivity contribution in [3.8, 4) is 0 Å². The average molecular weight is 270 g/mol. The Hall–Kier alpha value is -0.120. The second kappa shape index (κ2) is 7.61. The minimum atomic E-state index is 0.180. The number of rotatable bonds is 7. The van der Waals surface area contributed by atoms with Gasteiger partial charge in [-0.1, -0.05) is 26.7 Å². The van der Waals surface area contributed by atoms with Crippen LogP contribution in [0.4, 0.5) is 0 Å². The van der Waals surface area contributed by atoms with Crippen molar-refractivity contribution in [2.24, 2.45) is 17.6 Å². The average Bonchev–Trinajstić information content (AvgIpc) is 2.38. The molecule has 0 aromatic rings. The number of methoxy groups -OCH3 is 1. The highest BCUT2D eigenvalue weighted by Gasteiger charge is 2.45. The summed E-state index contributed by atoms with van der Waals surface area (Å²) >= 11 is 0. The first-order chi connectivity index (χ1) is 8.99. The van der Waals surface area contributed by atoms with E-state index < -0.39 is 0 Å². The van der Waals surface area contributed by atoms with Gasteiger partial charge in [0.2, 0.25) is 0 Å². The van der Waals surface area contributed by atoms with Gasteiger partial charge in [0.25, 0.3) is 0 Å². The Kier molecular flexibility index (Phi) is 6.78. The number of nitrogens with two attached hydrogens (primary N) is 1. The molecule has 0 aromatic heterocycles. The van der Waals surface area contributed by atoms with Crippen molar-refractivity contribution in [3.05, 3.63) is 0 Å². The molecule has 1 aliphatic carbocycles. The zero-order valence-electron chi connectivity index (χ0n) is 13.6. The van der Waals surface area contributed by atoms with Crippen LogP contribution in [0.2, 0.25) is 0 Å². The van der Waals surface area contributed by atoms with Gasteiger partial charge in [-0.05, 0) is 38.5 Å². The predicted octanol–water partition coefficient (Wildman–Crippen LogP) is 2.89. The molecule has 19 heavy (non-hydrogen) atoms. The van der Waals surface area contributed by atoms with Crippen molar-refractivity contribution in [2.45, 2.75) is 65.0 Å². The zero-order valence-corrected chi connectivity index (χ0v) is 13.6. The van der Waals surface area contributed by atoms with Crippen LogP contribution in [0.5, 0.6) is 0 Å². The van der Waals surface area contributed by atoms with Crippen molar-refractivity contribution in [1.29, 1.82) is 0 Å². The molecule has 0 radical (unpaired) electrons. The summed E-state index contributed by atoms with van der Waals surface area (Å²) in [5, 5.41) is 0. The molecule has 2 atom stereocenters. The first kappa shape index (κ1) is 16.9. The first-order valence-electron chi connectivity index (χ1n) is 7.95. The minimum Gasteiger partial charge on any atom is -0.383 e. The Balaban J connectivity index is 3.00. The lowest BCUT2D eigenvalue weighted by molar-refractivity contribution is -0.0435. The maximum Gasteiger partial charge on any atom is 0.0590 e. The first-order valence-corrected chi connectivity index (χ1v) is 7.95. The zero-order chi connectivity index (χ0) is 14.5. The Morgan fingerprint density at radius 3 is 2.42 bits per heavy atom. The molecule has 3 heteroatoms. The second-order valence-electron chi connectivity index (χ2n) is 6.68. The van der Waals surface area contributed by atoms with Crippen LogP contribution in [0.25, 0.3) is 0 Å². The maximum atomic E-state index is 6.29. The van der Waals surface area contributed by atoms with E-state index in [-0.39, 0.29) is 5.54 Å². The van der Waals surface area contributed by atoms with E-state index in [0.29, 0.717) is 17.9 Å². The highest BCUT2D eigenvalue weighted by molar-refractivity contribution is 5.01. The smallest absolute Gasteiger partial charge is 0.0590 e. The molecule has 0 amide bonds. The Labute approximate surface area is 119 Å². The molecule has 3 nitrogen and oxygen atoms in total. The highest BCUT2D eigenvalue weighted by atomic mass is 16.5. The van der Waals surface area contributed by atoms with E-state index in [0.717, 1.165) is 19.7 Å². The third-order valence-electron chi connectivity index (χ3n) is 4.95. The molecule has 0 saturated heterocycles. The van der Waals surface area contributed by atoms with Gasteiger partial charge < -0.3 is 10.5 Å². The van der Waals surface area contributed by atoms with Gasteiger partial charge in [0.05, 0.1) is 6.61 Å². The second-order valence-corrected chi connectivity index (χ2v) is 6.68. The lowest BCUT2D eigenvalue weighted by Crippen LogP contribution is -2.63. The normalized spacial score (nSPS) is 28.6. The molecule has 114 valence electrons. The van der Waals surface area contributed by atoms with Gasteiger partial charge in [-0.15, -0.1) is 0 Å². The van der Waals surface area contributed by atoms with Crippen LogP contribution in [0.15, 0.2) is 0 Å². The van der Waals surface area contributed by atoms with Crippen LogP contribution in [-0.2, 0) is 4.74 Å². The van der Waals surface area contributed by atoms with Crippen molar-refractivity contribution in [1.82, 2.24) is 4.90 Å². The van der Waals surface area contributed by atoms with Gasteiger partial charge in [-0.25, -0.2) is 0 Å². The molecule has 0 spiro atoms. The standard InChI is InChI=1S/C16H34N2O/c1-13(2)15-8-6-7-9-16(15,12-17)18(14(3)4)10-11-19-5/h13-15H,6-12,17H2,1-5H3. The van der Waals surface area contributed by atoms with E-state index in [4.69, 9.17) is 10.5 Å². The van der Waals surface area contributed by atoms with Gasteiger partial charge in [0.1, 0.15) is 0 Å². The lowest BCUT2D eigenvalue weighted by Gasteiger charge is -2.54. The summed E-state index contributed by atoms with van der Waals surface area (Å²) in [4.78, 5) is 2.63. The fourth-order valence-electron chi connectivity index (χ4n) is 4.12. The van der Waals surface area contributed by atoms with Gasteiger partial charge in [0.15, 0.2) is 0 Å². The fraction of sp³-hybridized carbons (Fsp3) is 1.00. The molecule has 1 saturated carbocycles. The van der Waals surface area contributed by atoms with E-state index >= 15 is 0 Å². The van der Waals surface area contributed by atoms with E-state index in [1.807, 2.05) is 0 Å². The molecule has 2 N–H and O–H groups in total. The van der Waals surface area contributed by atoms with Crippen LogP contribution in [0.1, 0.15) is 53.4 Å². The Morgan fingerprint density at radius 2 is 1.95 bits per heavy atom. The third-order valence-corrected chi connectivity index (χ3v) is 4.95. The monoisotopic (exact) mass is 270 g/mol. The lowest BCUT2D eigenvalue weighted by atomic mass is 9.66. The van der Waals surface area contributed by atoms with Crippen molar-refractivity contribution >= 4 is 0 Å². The molecule has 1 rings (SSSR count). The number of hydrogen-bond acceptors (Lipinski definition) is 3. The van der Waals surface area contributed by atoms with Gasteiger partial charge in [-0.2, -0.15) is 0 Å². The fourth-order valence-corrected chi connectivity index (χ4v) is 4.12. The summed E-state index contributed by atoms with van der Waals surface area (Å²) in [5.74, 6) is 1.41. The van der Waals surface area contributed by atoms with Crippen molar-refractivity contribution < 1.29 is 4.74 Å². The van der Waals surface area contributed by atoms with E-state index in [1.165, 1.54) is 25.7 Å². The van der Waals surface area contributed by atoms with E-state index in [2.05, 4.69) is 32.6 Å². The summed E-state index contributed by atoms with van der Waals surface area (Å²) in [5.41, 5.74) is 6.47. The molecule has 1 fully saturated rings. The molecular formula is C16H34N2O. The van der Waals surface area contributed by atoms with Gasteiger partial charge in [-0.3, -0.25) is 4.90 Å². The van der Waals surface area contributed by atoms with E-state index in [1.54, 1.807) is 7.11 Å². The van der Waals surface area contributed by atoms with Crippen LogP contribution >= 0.6 is 0 Å². The summed E-state index contributed by atoms with van der Waals surface area (Å²) < 4.78 is 5.32. The van der Waals surface area contributed by atoms with Crippen molar-refractivity contribution in [3.63, 3.8) is 0 Å². The van der Waals surface area contributed by atoms with Crippen LogP contribution in [0.3, 0.4) is 0 Å². The number of ether oxygens (including phenoxy) is 1. The van der Waals surface area contributed by atoms with Crippen LogP contribution < -0.4 is 5.73 Å². The highest BCUT2D eigenvalue weighted by Crippen LogP contribution is 2.42. The Morgan fingerprint density at radius 1 is 1.26 bits per heavy atom. The van der Waals surface area contributed by atoms with Crippen LogP contribution in [0, 0.1) is 11.8 Å². The maximum absolute atomic E-state index is 6.29. The topological polar surface area (TPSA) is 38.5 Å². The summed E-state index contributed by atoms with van der Waals surface area (Å²) in [6.45, 7) is 11.9. The van der Waals surface area contributed by atoms with E-state index in [9.17, 15) is 0 Å². The van der Waals surface area contributed by atoms with Gasteiger partial charge >= 0.3 is 0 Å². The largest absolute Gasteiger partial charge is 0.383 e. The van der Waals surface area contributed by atoms with Crippen LogP contribution in [-0.4, -0.2) is 43.3 Å². The molecule has 1 aliphatic rings. The molecule has 0 heterocycles. The molecule has 0 bridgehead atoms. The third kappa shape index (κ3) is 3.71. The quantitative estimate of drug-likeness (QED) is 0.773. The molecule has 0 aliphatic heterocycles. The number of hydrogen-bond donors (Lipinski definition) is 1. The SMILES string of the molecule is COCCN(C(C)C)C1(CN)CCCCC1C(C)C. The predicted molar refractivity (Wildman–Crippen MR) is 82.3 cm³/mol. The van der Waals surface area contributed by atoms with Crippen molar-refractivity contribution in [2.75, 3.05) is 26.8 Å². The minimum absolute atomic E-state index is 0.180. The number of nitrogens with zero attached hydrogens (tertiary/aromatic N) is 1. The molecule has 0 aromatic carbocycles.